The van der Waals surface area contributed by atoms with E-state index in [1.54, 1.807) is 16.7 Å². The van der Waals surface area contributed by atoms with E-state index < -0.39 is 6.10 Å². The second-order valence-electron chi connectivity index (χ2n) is 6.19. The smallest absolute Gasteiger partial charge is 0.258 e. The largest absolute Gasteiger partial charge is 0.393 e. The molecule has 3 aromatic rings. The molecule has 25 heavy (non-hydrogen) atoms. The van der Waals surface area contributed by atoms with Gasteiger partial charge in [0.2, 0.25) is 0 Å². The summed E-state index contributed by atoms with van der Waals surface area (Å²) in [7, 11) is 0. The molecule has 1 aliphatic rings. The number of fused-ring (bicyclic) bond motifs is 2. The van der Waals surface area contributed by atoms with Gasteiger partial charge in [0.25, 0.3) is 5.56 Å². The number of hydrogen-bond donors (Lipinski definition) is 2. The molecule has 0 amide bonds. The molecular formula is C16H19N5O3S. The molecule has 0 saturated heterocycles. The number of rotatable bonds is 4. The summed E-state index contributed by atoms with van der Waals surface area (Å²) in [5, 5.41) is 25.1. The minimum atomic E-state index is -0.948. The molecule has 1 aliphatic heterocycles. The third-order valence-corrected chi connectivity index (χ3v) is 5.12. The van der Waals surface area contributed by atoms with Crippen molar-refractivity contribution < 1.29 is 10.2 Å². The van der Waals surface area contributed by atoms with E-state index in [9.17, 15) is 9.90 Å². The molecule has 0 bridgehead atoms. The van der Waals surface area contributed by atoms with Gasteiger partial charge in [-0.3, -0.25) is 18.8 Å². The maximum absolute atomic E-state index is 12.1. The molecule has 0 aliphatic carbocycles. The summed E-state index contributed by atoms with van der Waals surface area (Å²) >= 11 is 1.45. The van der Waals surface area contributed by atoms with Crippen LogP contribution in [0.1, 0.15) is 29.6 Å². The fourth-order valence-electron chi connectivity index (χ4n) is 3.14. The number of nitrogens with zero attached hydrogens (tertiary/aromatic N) is 5. The summed E-state index contributed by atoms with van der Waals surface area (Å²) in [5.41, 5.74) is 2.19. The monoisotopic (exact) mass is 361 g/mol. The fraction of sp³-hybridized carbons (Fsp3) is 0.438. The van der Waals surface area contributed by atoms with Gasteiger partial charge in [0.1, 0.15) is 6.10 Å². The van der Waals surface area contributed by atoms with E-state index in [0.29, 0.717) is 23.7 Å². The van der Waals surface area contributed by atoms with Crippen molar-refractivity contribution in [1.29, 1.82) is 0 Å². The molecule has 0 radical (unpaired) electrons. The Morgan fingerprint density at radius 3 is 3.04 bits per heavy atom. The number of aliphatic hydroxyl groups is 2. The summed E-state index contributed by atoms with van der Waals surface area (Å²) in [6.07, 6.45) is 1.71. The summed E-state index contributed by atoms with van der Waals surface area (Å²) in [6.45, 7) is 2.56. The summed E-state index contributed by atoms with van der Waals surface area (Å²) in [6, 6.07) is 3.42. The van der Waals surface area contributed by atoms with Crippen molar-refractivity contribution in [2.75, 3.05) is 13.2 Å². The first-order valence-corrected chi connectivity index (χ1v) is 9.05. The Bertz CT molecular complexity index is 947. The van der Waals surface area contributed by atoms with E-state index in [1.165, 1.54) is 11.3 Å². The van der Waals surface area contributed by atoms with Crippen molar-refractivity contribution in [3.63, 3.8) is 0 Å². The van der Waals surface area contributed by atoms with Gasteiger partial charge >= 0.3 is 0 Å². The van der Waals surface area contributed by atoms with Crippen LogP contribution in [-0.4, -0.2) is 47.4 Å². The lowest BCUT2D eigenvalue weighted by Gasteiger charge is -2.18. The lowest BCUT2D eigenvalue weighted by atomic mass is 10.2. The van der Waals surface area contributed by atoms with Crippen LogP contribution in [0.3, 0.4) is 0 Å². The first-order valence-electron chi connectivity index (χ1n) is 8.18. The SMILES string of the molecule is O=c1cc(CN2CCCn3nc([C@H](O)CO)cc3C2)nc2sccn12. The molecule has 9 heteroatoms. The minimum Gasteiger partial charge on any atom is -0.393 e. The zero-order valence-electron chi connectivity index (χ0n) is 13.6. The quantitative estimate of drug-likeness (QED) is 0.698. The predicted molar refractivity (Wildman–Crippen MR) is 92.3 cm³/mol. The van der Waals surface area contributed by atoms with E-state index in [1.807, 2.05) is 16.1 Å². The second kappa shape index (κ2) is 6.68. The third kappa shape index (κ3) is 3.23. The standard InChI is InChI=1S/C16H19N5O3S/c22-10-14(23)13-7-12-9-19(2-1-3-21(12)18-13)8-11-6-15(24)20-4-5-25-16(20)17-11/h4-7,14,22-23H,1-3,8-10H2/t14-/m1/s1. The molecule has 4 heterocycles. The Kier molecular flexibility index (Phi) is 4.38. The van der Waals surface area contributed by atoms with E-state index in [4.69, 9.17) is 5.11 Å². The van der Waals surface area contributed by atoms with Gasteiger partial charge in [0.15, 0.2) is 4.96 Å². The van der Waals surface area contributed by atoms with E-state index in [2.05, 4.69) is 15.0 Å². The average Bonchev–Trinajstić information content (AvgIpc) is 3.18. The molecule has 3 aromatic heterocycles. The van der Waals surface area contributed by atoms with Crippen molar-refractivity contribution in [2.24, 2.45) is 0 Å². The fourth-order valence-corrected chi connectivity index (χ4v) is 3.88. The lowest BCUT2D eigenvalue weighted by Crippen LogP contribution is -2.25. The van der Waals surface area contributed by atoms with Gasteiger partial charge in [-0.25, -0.2) is 4.98 Å². The van der Waals surface area contributed by atoms with Crippen molar-refractivity contribution >= 4 is 16.3 Å². The Morgan fingerprint density at radius 2 is 2.20 bits per heavy atom. The highest BCUT2D eigenvalue weighted by molar-refractivity contribution is 7.15. The summed E-state index contributed by atoms with van der Waals surface area (Å²) in [5.74, 6) is 0. The summed E-state index contributed by atoms with van der Waals surface area (Å²) < 4.78 is 3.44. The van der Waals surface area contributed by atoms with E-state index in [-0.39, 0.29) is 12.2 Å². The van der Waals surface area contributed by atoms with Gasteiger partial charge in [-0.1, -0.05) is 0 Å². The van der Waals surface area contributed by atoms with Crippen LogP contribution in [0.15, 0.2) is 28.5 Å². The van der Waals surface area contributed by atoms with Crippen LogP contribution in [0.25, 0.3) is 4.96 Å². The van der Waals surface area contributed by atoms with Crippen molar-refractivity contribution in [1.82, 2.24) is 24.1 Å². The van der Waals surface area contributed by atoms with E-state index in [0.717, 1.165) is 30.9 Å². The number of thiazole rings is 1. The highest BCUT2D eigenvalue weighted by atomic mass is 32.1. The maximum Gasteiger partial charge on any atom is 0.258 e. The van der Waals surface area contributed by atoms with Gasteiger partial charge in [0.05, 0.1) is 23.7 Å². The Hall–Kier alpha value is -2.07. The predicted octanol–water partition coefficient (Wildman–Crippen LogP) is 0.384. The van der Waals surface area contributed by atoms with Crippen LogP contribution in [0, 0.1) is 0 Å². The average molecular weight is 361 g/mol. The highest BCUT2D eigenvalue weighted by Gasteiger charge is 2.20. The van der Waals surface area contributed by atoms with Crippen molar-refractivity contribution in [2.45, 2.75) is 32.2 Å². The topological polar surface area (TPSA) is 95.9 Å². The van der Waals surface area contributed by atoms with Crippen LogP contribution in [0.4, 0.5) is 0 Å². The van der Waals surface area contributed by atoms with Crippen molar-refractivity contribution in [3.8, 4) is 0 Å². The number of aryl methyl sites for hydroxylation is 1. The van der Waals surface area contributed by atoms with Crippen LogP contribution >= 0.6 is 11.3 Å². The molecule has 0 unspecified atom stereocenters. The molecule has 0 saturated carbocycles. The Labute approximate surface area is 147 Å². The van der Waals surface area contributed by atoms with Crippen LogP contribution in [0.5, 0.6) is 0 Å². The Balaban J connectivity index is 1.56. The first kappa shape index (κ1) is 16.4. The molecular weight excluding hydrogens is 342 g/mol. The first-order chi connectivity index (χ1) is 12.1. The molecule has 0 aromatic carbocycles. The molecule has 0 spiro atoms. The number of aliphatic hydroxyl groups excluding tert-OH is 2. The number of hydrogen-bond acceptors (Lipinski definition) is 7. The molecule has 132 valence electrons. The lowest BCUT2D eigenvalue weighted by molar-refractivity contribution is 0.0916. The molecule has 0 fully saturated rings. The van der Waals surface area contributed by atoms with Crippen LogP contribution in [0.2, 0.25) is 0 Å². The molecule has 8 nitrogen and oxygen atoms in total. The maximum atomic E-state index is 12.1. The third-order valence-electron chi connectivity index (χ3n) is 4.37. The molecule has 4 rings (SSSR count). The minimum absolute atomic E-state index is 0.0607. The van der Waals surface area contributed by atoms with Gasteiger partial charge in [0, 0.05) is 43.8 Å². The van der Waals surface area contributed by atoms with Crippen LogP contribution < -0.4 is 5.56 Å². The van der Waals surface area contributed by atoms with Gasteiger partial charge < -0.3 is 10.2 Å². The second-order valence-corrected chi connectivity index (χ2v) is 7.06. The molecule has 2 N–H and O–H groups in total. The van der Waals surface area contributed by atoms with E-state index >= 15 is 0 Å². The van der Waals surface area contributed by atoms with Gasteiger partial charge in [-0.05, 0) is 12.5 Å². The highest BCUT2D eigenvalue weighted by Crippen LogP contribution is 2.19. The van der Waals surface area contributed by atoms with Crippen LogP contribution in [-0.2, 0) is 19.6 Å². The van der Waals surface area contributed by atoms with Gasteiger partial charge in [-0.15, -0.1) is 11.3 Å². The molecule has 1 atom stereocenters. The normalized spacial score (nSPS) is 16.7. The Morgan fingerprint density at radius 1 is 1.32 bits per heavy atom. The number of aromatic nitrogens is 4. The van der Waals surface area contributed by atoms with Gasteiger partial charge in [-0.2, -0.15) is 5.10 Å². The summed E-state index contributed by atoms with van der Waals surface area (Å²) in [4.78, 5) is 19.6. The zero-order valence-corrected chi connectivity index (χ0v) is 14.4. The zero-order chi connectivity index (χ0) is 17.4. The van der Waals surface area contributed by atoms with Crippen molar-refractivity contribution in [3.05, 3.63) is 51.1 Å².